The smallest absolute Gasteiger partial charge is 0.0375 e. The van der Waals surface area contributed by atoms with Gasteiger partial charge in [-0.3, -0.25) is 4.98 Å². The molecule has 0 aliphatic carbocycles. The molecule has 0 bridgehead atoms. The van der Waals surface area contributed by atoms with E-state index in [0.717, 1.165) is 12.2 Å². The normalized spacial score (nSPS) is 12.6. The van der Waals surface area contributed by atoms with E-state index in [2.05, 4.69) is 67.7 Å². The van der Waals surface area contributed by atoms with E-state index in [-0.39, 0.29) is 0 Å². The zero-order valence-corrected chi connectivity index (χ0v) is 15.2. The van der Waals surface area contributed by atoms with Gasteiger partial charge in [-0.15, -0.1) is 0 Å². The first-order chi connectivity index (χ1) is 10.9. The Morgan fingerprint density at radius 2 is 1.35 bits per heavy atom. The van der Waals surface area contributed by atoms with E-state index in [9.17, 15) is 0 Å². The van der Waals surface area contributed by atoms with Crippen molar-refractivity contribution >= 4 is 0 Å². The van der Waals surface area contributed by atoms with Crippen LogP contribution in [0.4, 0.5) is 0 Å². The highest BCUT2D eigenvalue weighted by Crippen LogP contribution is 1.99. The SMILES string of the molecule is CC1=CN(C)NC1.Cc1ccc(C)cc1.Cc1ccc(C)nc1. The third-order valence-electron chi connectivity index (χ3n) is 3.30. The average Bonchev–Trinajstić information content (AvgIpc) is 2.90. The molecular formula is C20H29N3. The van der Waals surface area contributed by atoms with Crippen LogP contribution in [-0.2, 0) is 0 Å². The third-order valence-corrected chi connectivity index (χ3v) is 3.30. The lowest BCUT2D eigenvalue weighted by Crippen LogP contribution is -2.23. The van der Waals surface area contributed by atoms with Crippen LogP contribution < -0.4 is 5.43 Å². The van der Waals surface area contributed by atoms with Crippen molar-refractivity contribution in [2.75, 3.05) is 13.6 Å². The third kappa shape index (κ3) is 8.79. The fraction of sp³-hybridized carbons (Fsp3) is 0.350. The van der Waals surface area contributed by atoms with Crippen molar-refractivity contribution in [3.63, 3.8) is 0 Å². The number of nitrogens with one attached hydrogen (secondary N) is 1. The molecule has 0 spiro atoms. The standard InChI is InChI=1S/C8H10.C7H9N.C5H10N2/c1-7-3-5-8(2)6-4-7;1-6-3-4-7(2)8-5-6;1-5-3-6-7(2)4-5/h3-6H,1-2H3;3-5H,1-2H3;4,6H,3H2,1-2H3. The Kier molecular flexibility index (Phi) is 8.06. The van der Waals surface area contributed by atoms with Gasteiger partial charge in [0.25, 0.3) is 0 Å². The molecule has 0 saturated carbocycles. The van der Waals surface area contributed by atoms with Crippen molar-refractivity contribution < 1.29 is 0 Å². The molecule has 0 fully saturated rings. The van der Waals surface area contributed by atoms with Crippen LogP contribution in [0.2, 0.25) is 0 Å². The Balaban J connectivity index is 0.000000173. The summed E-state index contributed by atoms with van der Waals surface area (Å²) in [5.41, 5.74) is 9.46. The van der Waals surface area contributed by atoms with Crippen molar-refractivity contribution in [1.29, 1.82) is 0 Å². The number of hydrogen-bond donors (Lipinski definition) is 1. The molecule has 2 heterocycles. The van der Waals surface area contributed by atoms with Gasteiger partial charge in [0.05, 0.1) is 0 Å². The predicted molar refractivity (Wildman–Crippen MR) is 99.1 cm³/mol. The summed E-state index contributed by atoms with van der Waals surface area (Å²) in [6, 6.07) is 12.5. The van der Waals surface area contributed by atoms with Crippen molar-refractivity contribution in [2.45, 2.75) is 34.6 Å². The van der Waals surface area contributed by atoms with Gasteiger partial charge in [-0.25, -0.2) is 5.43 Å². The lowest BCUT2D eigenvalue weighted by Gasteiger charge is -2.04. The summed E-state index contributed by atoms with van der Waals surface area (Å²) < 4.78 is 0. The van der Waals surface area contributed by atoms with E-state index in [0.29, 0.717) is 0 Å². The lowest BCUT2D eigenvalue weighted by atomic mass is 10.2. The number of rotatable bonds is 0. The Bertz CT molecular complexity index is 512. The molecule has 3 nitrogen and oxygen atoms in total. The largest absolute Gasteiger partial charge is 0.318 e. The van der Waals surface area contributed by atoms with E-state index in [4.69, 9.17) is 0 Å². The minimum absolute atomic E-state index is 1.01. The van der Waals surface area contributed by atoms with Crippen LogP contribution in [0.1, 0.15) is 29.3 Å². The van der Waals surface area contributed by atoms with Gasteiger partial charge in [0, 0.05) is 31.7 Å². The van der Waals surface area contributed by atoms with Gasteiger partial charge in [0.1, 0.15) is 0 Å². The number of aryl methyl sites for hydroxylation is 4. The van der Waals surface area contributed by atoms with Crippen molar-refractivity contribution in [3.05, 3.63) is 76.8 Å². The number of aromatic nitrogens is 1. The molecule has 1 aromatic carbocycles. The first kappa shape index (κ1) is 18.9. The lowest BCUT2D eigenvalue weighted by molar-refractivity contribution is 0.373. The van der Waals surface area contributed by atoms with Crippen LogP contribution in [0.15, 0.2) is 54.4 Å². The Morgan fingerprint density at radius 1 is 0.826 bits per heavy atom. The Labute approximate surface area is 141 Å². The molecule has 1 N–H and O–H groups in total. The maximum atomic E-state index is 4.08. The van der Waals surface area contributed by atoms with Crippen molar-refractivity contribution in [3.8, 4) is 0 Å². The molecule has 1 aliphatic rings. The molecule has 3 heteroatoms. The van der Waals surface area contributed by atoms with Gasteiger partial charge in [0.15, 0.2) is 0 Å². The predicted octanol–water partition coefficient (Wildman–Crippen LogP) is 4.34. The number of nitrogens with zero attached hydrogens (tertiary/aromatic N) is 2. The summed E-state index contributed by atoms with van der Waals surface area (Å²) >= 11 is 0. The fourth-order valence-electron chi connectivity index (χ4n) is 1.85. The van der Waals surface area contributed by atoms with Crippen molar-refractivity contribution in [2.24, 2.45) is 0 Å². The minimum atomic E-state index is 1.01. The first-order valence-electron chi connectivity index (χ1n) is 7.93. The van der Waals surface area contributed by atoms with Crippen molar-refractivity contribution in [1.82, 2.24) is 15.4 Å². The molecule has 0 unspecified atom stereocenters. The Morgan fingerprint density at radius 3 is 1.61 bits per heavy atom. The summed E-state index contributed by atoms with van der Waals surface area (Å²) in [7, 11) is 2.00. The maximum Gasteiger partial charge on any atom is 0.0375 e. The average molecular weight is 311 g/mol. The fourth-order valence-corrected chi connectivity index (χ4v) is 1.85. The molecule has 0 radical (unpaired) electrons. The summed E-state index contributed by atoms with van der Waals surface area (Å²) in [4.78, 5) is 4.08. The van der Waals surface area contributed by atoms with E-state index >= 15 is 0 Å². The topological polar surface area (TPSA) is 28.2 Å². The molecule has 0 atom stereocenters. The molecule has 124 valence electrons. The maximum absolute atomic E-state index is 4.08. The van der Waals surface area contributed by atoms with Crippen LogP contribution in [0.5, 0.6) is 0 Å². The van der Waals surface area contributed by atoms with E-state index in [1.807, 2.05) is 38.2 Å². The summed E-state index contributed by atoms with van der Waals surface area (Å²) in [5.74, 6) is 0. The second-order valence-corrected chi connectivity index (χ2v) is 6.05. The summed E-state index contributed by atoms with van der Waals surface area (Å²) in [6.07, 6.45) is 3.95. The highest BCUT2D eigenvalue weighted by molar-refractivity contribution is 5.19. The number of hydrogen-bond acceptors (Lipinski definition) is 3. The molecule has 0 amide bonds. The van der Waals surface area contributed by atoms with Crippen LogP contribution in [0.25, 0.3) is 0 Å². The van der Waals surface area contributed by atoms with E-state index in [1.165, 1.54) is 22.3 Å². The monoisotopic (exact) mass is 311 g/mol. The number of benzene rings is 1. The Hall–Kier alpha value is -2.13. The molecule has 0 saturated heterocycles. The minimum Gasteiger partial charge on any atom is -0.318 e. The van der Waals surface area contributed by atoms with Crippen LogP contribution >= 0.6 is 0 Å². The summed E-state index contributed by atoms with van der Waals surface area (Å²) in [6.45, 7) is 11.3. The number of pyridine rings is 1. The van der Waals surface area contributed by atoms with Gasteiger partial charge >= 0.3 is 0 Å². The second kappa shape index (κ2) is 9.80. The van der Waals surface area contributed by atoms with Crippen LogP contribution in [0, 0.1) is 27.7 Å². The highest BCUT2D eigenvalue weighted by atomic mass is 15.5. The highest BCUT2D eigenvalue weighted by Gasteiger charge is 1.99. The van der Waals surface area contributed by atoms with Gasteiger partial charge in [0.2, 0.25) is 0 Å². The quantitative estimate of drug-likeness (QED) is 0.784. The van der Waals surface area contributed by atoms with Gasteiger partial charge < -0.3 is 5.01 Å². The molecular weight excluding hydrogens is 282 g/mol. The number of hydrazine groups is 1. The van der Waals surface area contributed by atoms with E-state index in [1.54, 1.807) is 0 Å². The molecule has 1 aromatic heterocycles. The van der Waals surface area contributed by atoms with Gasteiger partial charge in [-0.2, -0.15) is 0 Å². The first-order valence-corrected chi connectivity index (χ1v) is 7.93. The molecule has 1 aliphatic heterocycles. The van der Waals surface area contributed by atoms with E-state index < -0.39 is 0 Å². The molecule has 23 heavy (non-hydrogen) atoms. The zero-order valence-electron chi connectivity index (χ0n) is 15.2. The summed E-state index contributed by atoms with van der Waals surface area (Å²) in [5, 5.41) is 1.97. The second-order valence-electron chi connectivity index (χ2n) is 6.05. The van der Waals surface area contributed by atoms with Gasteiger partial charge in [-0.1, -0.05) is 41.5 Å². The van der Waals surface area contributed by atoms with Gasteiger partial charge in [-0.05, 0) is 51.8 Å². The zero-order chi connectivity index (χ0) is 17.2. The van der Waals surface area contributed by atoms with Crippen LogP contribution in [0.3, 0.4) is 0 Å². The van der Waals surface area contributed by atoms with Crippen LogP contribution in [-0.4, -0.2) is 23.6 Å². The molecule has 3 rings (SSSR count). The molecule has 2 aromatic rings.